The Labute approximate surface area is 152 Å². The van der Waals surface area contributed by atoms with E-state index in [1.54, 1.807) is 27.0 Å². The fourth-order valence-electron chi connectivity index (χ4n) is 2.73. The average Bonchev–Trinajstić information content (AvgIpc) is 3.08. The van der Waals surface area contributed by atoms with E-state index in [1.807, 2.05) is 0 Å². The number of aliphatic imine (C=N–C) groups is 1. The number of halogens is 3. The summed E-state index contributed by atoms with van der Waals surface area (Å²) in [6.07, 6.45) is -2.53. The molecule has 0 amide bonds. The van der Waals surface area contributed by atoms with Crippen molar-refractivity contribution in [2.24, 2.45) is 4.99 Å². The number of rotatable bonds is 6. The van der Waals surface area contributed by atoms with Crippen LogP contribution in [0.25, 0.3) is 0 Å². The summed E-state index contributed by atoms with van der Waals surface area (Å²) < 4.78 is 51.0. The summed E-state index contributed by atoms with van der Waals surface area (Å²) in [7, 11) is 1.58. The van der Waals surface area contributed by atoms with Crippen LogP contribution in [0.1, 0.15) is 37.8 Å². The van der Waals surface area contributed by atoms with Gasteiger partial charge in [0.15, 0.2) is 5.96 Å². The van der Waals surface area contributed by atoms with Crippen molar-refractivity contribution in [2.75, 3.05) is 20.2 Å². The molecule has 146 valence electrons. The molecule has 1 aromatic rings. The lowest BCUT2D eigenvalue weighted by atomic mass is 10.1. The Bertz CT molecular complexity index is 612. The highest BCUT2D eigenvalue weighted by molar-refractivity contribution is 5.79. The summed E-state index contributed by atoms with van der Waals surface area (Å²) >= 11 is 0. The number of alkyl halides is 3. The number of benzene rings is 1. The largest absolute Gasteiger partial charge is 0.491 e. The average molecular weight is 373 g/mol. The third kappa shape index (κ3) is 6.09. The van der Waals surface area contributed by atoms with Crippen LogP contribution in [0, 0.1) is 0 Å². The van der Waals surface area contributed by atoms with Gasteiger partial charge in [0.05, 0.1) is 17.8 Å². The van der Waals surface area contributed by atoms with Gasteiger partial charge in [-0.1, -0.05) is 6.07 Å². The van der Waals surface area contributed by atoms with Gasteiger partial charge in [-0.15, -0.1) is 0 Å². The number of guanidine groups is 1. The van der Waals surface area contributed by atoms with E-state index in [1.165, 1.54) is 6.07 Å². The van der Waals surface area contributed by atoms with Crippen LogP contribution in [0.2, 0.25) is 0 Å². The van der Waals surface area contributed by atoms with Crippen LogP contribution in [-0.2, 0) is 17.5 Å². The molecule has 1 heterocycles. The maximum Gasteiger partial charge on any atom is 0.416 e. The van der Waals surface area contributed by atoms with E-state index in [9.17, 15) is 13.2 Å². The monoisotopic (exact) mass is 373 g/mol. The standard InChI is InChI=1S/C18H26F3N3O2/c1-12(2)26-14-7-6-13(16(9-14)18(19,20)21)10-23-17(22-3)24-11-15-5-4-8-25-15/h6-7,9,12,15H,4-5,8,10-11H2,1-3H3,(H2,22,23,24). The normalized spacial score (nSPS) is 18.3. The van der Waals surface area contributed by atoms with E-state index >= 15 is 0 Å². The summed E-state index contributed by atoms with van der Waals surface area (Å²) in [5, 5.41) is 6.01. The highest BCUT2D eigenvalue weighted by atomic mass is 19.4. The van der Waals surface area contributed by atoms with Crippen molar-refractivity contribution >= 4 is 5.96 Å². The van der Waals surface area contributed by atoms with Crippen LogP contribution in [0.3, 0.4) is 0 Å². The molecule has 1 aliphatic rings. The second-order valence-electron chi connectivity index (χ2n) is 6.43. The van der Waals surface area contributed by atoms with E-state index in [0.717, 1.165) is 25.5 Å². The molecule has 2 N–H and O–H groups in total. The third-order valence-corrected chi connectivity index (χ3v) is 3.95. The minimum atomic E-state index is -4.46. The Morgan fingerprint density at radius 2 is 2.12 bits per heavy atom. The molecular weight excluding hydrogens is 347 g/mol. The summed E-state index contributed by atoms with van der Waals surface area (Å²) in [5.74, 6) is 0.646. The number of nitrogens with zero attached hydrogens (tertiary/aromatic N) is 1. The van der Waals surface area contributed by atoms with Crippen LogP contribution in [0.15, 0.2) is 23.2 Å². The molecule has 1 fully saturated rings. The molecule has 5 nitrogen and oxygen atoms in total. The lowest BCUT2D eigenvalue weighted by Crippen LogP contribution is -2.40. The molecule has 26 heavy (non-hydrogen) atoms. The lowest BCUT2D eigenvalue weighted by molar-refractivity contribution is -0.138. The topological polar surface area (TPSA) is 54.9 Å². The lowest BCUT2D eigenvalue weighted by Gasteiger charge is -2.18. The zero-order chi connectivity index (χ0) is 19.2. The SMILES string of the molecule is CN=C(NCc1ccc(OC(C)C)cc1C(F)(F)F)NCC1CCCO1. The molecular formula is C18H26F3N3O2. The first-order valence-electron chi connectivity index (χ1n) is 8.72. The Morgan fingerprint density at radius 1 is 1.35 bits per heavy atom. The predicted molar refractivity (Wildman–Crippen MR) is 94.4 cm³/mol. The van der Waals surface area contributed by atoms with Crippen LogP contribution >= 0.6 is 0 Å². The molecule has 2 rings (SSSR count). The summed E-state index contributed by atoms with van der Waals surface area (Å²) in [6, 6.07) is 4.02. The second kappa shape index (κ2) is 9.12. The van der Waals surface area contributed by atoms with Crippen molar-refractivity contribution in [3.05, 3.63) is 29.3 Å². The molecule has 1 saturated heterocycles. The molecule has 1 aliphatic heterocycles. The van der Waals surface area contributed by atoms with Gasteiger partial charge in [-0.3, -0.25) is 4.99 Å². The Kier molecular flexibility index (Phi) is 7.14. The minimum Gasteiger partial charge on any atom is -0.491 e. The van der Waals surface area contributed by atoms with Gasteiger partial charge in [-0.2, -0.15) is 13.2 Å². The number of nitrogens with one attached hydrogen (secondary N) is 2. The van der Waals surface area contributed by atoms with Crippen molar-refractivity contribution in [1.82, 2.24) is 10.6 Å². The van der Waals surface area contributed by atoms with Gasteiger partial charge in [0.2, 0.25) is 0 Å². The van der Waals surface area contributed by atoms with E-state index in [-0.39, 0.29) is 30.1 Å². The molecule has 0 aliphatic carbocycles. The number of hydrogen-bond donors (Lipinski definition) is 2. The van der Waals surface area contributed by atoms with Gasteiger partial charge < -0.3 is 20.1 Å². The van der Waals surface area contributed by atoms with Gasteiger partial charge in [0, 0.05) is 26.7 Å². The molecule has 8 heteroatoms. The highest BCUT2D eigenvalue weighted by Gasteiger charge is 2.33. The fourth-order valence-corrected chi connectivity index (χ4v) is 2.73. The van der Waals surface area contributed by atoms with E-state index in [2.05, 4.69) is 15.6 Å². The highest BCUT2D eigenvalue weighted by Crippen LogP contribution is 2.34. The molecule has 0 bridgehead atoms. The van der Waals surface area contributed by atoms with Crippen molar-refractivity contribution in [1.29, 1.82) is 0 Å². The van der Waals surface area contributed by atoms with Crippen LogP contribution in [0.4, 0.5) is 13.2 Å². The summed E-state index contributed by atoms with van der Waals surface area (Å²) in [6.45, 7) is 4.87. The van der Waals surface area contributed by atoms with Gasteiger partial charge in [-0.25, -0.2) is 0 Å². The van der Waals surface area contributed by atoms with Crippen molar-refractivity contribution in [3.8, 4) is 5.75 Å². The van der Waals surface area contributed by atoms with Crippen LogP contribution in [-0.4, -0.2) is 38.4 Å². The van der Waals surface area contributed by atoms with E-state index < -0.39 is 11.7 Å². The predicted octanol–water partition coefficient (Wildman–Crippen LogP) is 3.34. The molecule has 1 atom stereocenters. The van der Waals surface area contributed by atoms with E-state index in [0.29, 0.717) is 12.5 Å². The van der Waals surface area contributed by atoms with E-state index in [4.69, 9.17) is 9.47 Å². The zero-order valence-electron chi connectivity index (χ0n) is 15.3. The first kappa shape index (κ1) is 20.4. The number of ether oxygens (including phenoxy) is 2. The van der Waals surface area contributed by atoms with Crippen molar-refractivity contribution in [3.63, 3.8) is 0 Å². The van der Waals surface area contributed by atoms with Gasteiger partial charge in [-0.05, 0) is 44.4 Å². The third-order valence-electron chi connectivity index (χ3n) is 3.95. The zero-order valence-corrected chi connectivity index (χ0v) is 15.3. The van der Waals surface area contributed by atoms with Gasteiger partial charge in [0.1, 0.15) is 5.75 Å². The van der Waals surface area contributed by atoms with Gasteiger partial charge >= 0.3 is 6.18 Å². The van der Waals surface area contributed by atoms with Crippen LogP contribution in [0.5, 0.6) is 5.75 Å². The Balaban J connectivity index is 2.02. The van der Waals surface area contributed by atoms with Crippen molar-refractivity contribution < 1.29 is 22.6 Å². The maximum absolute atomic E-state index is 13.4. The van der Waals surface area contributed by atoms with Gasteiger partial charge in [0.25, 0.3) is 0 Å². The number of hydrogen-bond acceptors (Lipinski definition) is 3. The smallest absolute Gasteiger partial charge is 0.416 e. The second-order valence-corrected chi connectivity index (χ2v) is 6.43. The Hall–Kier alpha value is -1.96. The summed E-state index contributed by atoms with van der Waals surface area (Å²) in [4.78, 5) is 4.05. The molecule has 1 aromatic carbocycles. The molecule has 0 aromatic heterocycles. The molecule has 0 radical (unpaired) electrons. The minimum absolute atomic E-state index is 0.00198. The molecule has 0 saturated carbocycles. The van der Waals surface area contributed by atoms with Crippen LogP contribution < -0.4 is 15.4 Å². The molecule has 1 unspecified atom stereocenters. The first-order chi connectivity index (χ1) is 12.3. The summed E-state index contributed by atoms with van der Waals surface area (Å²) in [5.41, 5.74) is -0.577. The molecule has 0 spiro atoms. The maximum atomic E-state index is 13.4. The van der Waals surface area contributed by atoms with Crippen molar-refractivity contribution in [2.45, 2.75) is 51.6 Å². The Morgan fingerprint density at radius 3 is 2.69 bits per heavy atom. The first-order valence-corrected chi connectivity index (χ1v) is 8.72. The fraction of sp³-hybridized carbons (Fsp3) is 0.611. The quantitative estimate of drug-likeness (QED) is 0.593.